The van der Waals surface area contributed by atoms with Crippen molar-refractivity contribution < 1.29 is 10.2 Å². The minimum absolute atomic E-state index is 0.0271. The van der Waals surface area contributed by atoms with Crippen LogP contribution in [-0.4, -0.2) is 74.0 Å². The Bertz CT molecular complexity index is 1290. The number of H-pyrrole nitrogens is 2. The lowest BCUT2D eigenvalue weighted by Crippen LogP contribution is -2.13. The second kappa shape index (κ2) is 9.19. The van der Waals surface area contributed by atoms with E-state index >= 15 is 0 Å². The summed E-state index contributed by atoms with van der Waals surface area (Å²) in [6, 6.07) is 0. The summed E-state index contributed by atoms with van der Waals surface area (Å²) in [5, 5.41) is 19.8. The van der Waals surface area contributed by atoms with Crippen molar-refractivity contribution in [2.45, 2.75) is 23.4 Å². The molecule has 14 nitrogen and oxygen atoms in total. The number of imidazole rings is 2. The molecule has 4 aromatic rings. The SMILES string of the molecule is Nc1nc2c(nc(SCCSc3nc4c(=O)[nH]c(N)nc4n3CCO)n2CCO)c(=O)[nH]1. The standard InChI is InChI=1S/C16H20N10O4S2/c17-13-21-9-7(11(29)23-13)19-15(25(9)1-3-27)31-5-6-32-16-20-8-10(26(16)2-4-28)22-14(18)24-12(8)30/h27-28H,1-6H2,(H3,17,21,23,29)(H3,18,22,24,30). The van der Waals surface area contributed by atoms with Crippen molar-refractivity contribution in [3.05, 3.63) is 20.7 Å². The van der Waals surface area contributed by atoms with E-state index in [0.717, 1.165) is 0 Å². The molecule has 0 saturated heterocycles. The number of nitrogens with one attached hydrogen (secondary N) is 2. The normalized spacial score (nSPS) is 11.7. The molecule has 0 spiro atoms. The van der Waals surface area contributed by atoms with E-state index in [0.29, 0.717) is 33.1 Å². The van der Waals surface area contributed by atoms with E-state index in [9.17, 15) is 19.8 Å². The number of thioether (sulfide) groups is 2. The molecule has 4 heterocycles. The summed E-state index contributed by atoms with van der Waals surface area (Å²) >= 11 is 2.75. The highest BCUT2D eigenvalue weighted by Gasteiger charge is 2.18. The number of rotatable bonds is 9. The average molecular weight is 481 g/mol. The zero-order valence-corrected chi connectivity index (χ0v) is 18.2. The number of hydrogen-bond donors (Lipinski definition) is 6. The number of anilines is 2. The molecule has 0 aliphatic carbocycles. The topological polar surface area (TPSA) is 220 Å². The fraction of sp³-hybridized carbons (Fsp3) is 0.375. The smallest absolute Gasteiger partial charge is 0.280 e. The summed E-state index contributed by atoms with van der Waals surface area (Å²) in [7, 11) is 0. The average Bonchev–Trinajstić information content (AvgIpc) is 3.25. The Labute approximate surface area is 187 Å². The van der Waals surface area contributed by atoms with Crippen LogP contribution in [0, 0.1) is 0 Å². The molecule has 32 heavy (non-hydrogen) atoms. The highest BCUT2D eigenvalue weighted by molar-refractivity contribution is 8.02. The number of nitrogens with two attached hydrogens (primary N) is 2. The Morgan fingerprint density at radius 1 is 0.750 bits per heavy atom. The lowest BCUT2D eigenvalue weighted by atomic mass is 10.5. The molecule has 0 aliphatic rings. The van der Waals surface area contributed by atoms with E-state index in [-0.39, 0.29) is 49.2 Å². The van der Waals surface area contributed by atoms with Crippen molar-refractivity contribution in [1.29, 1.82) is 0 Å². The van der Waals surface area contributed by atoms with Crippen molar-refractivity contribution in [2.24, 2.45) is 0 Å². The Morgan fingerprint density at radius 3 is 1.53 bits per heavy atom. The van der Waals surface area contributed by atoms with Gasteiger partial charge in [-0.2, -0.15) is 9.97 Å². The second-order valence-corrected chi connectivity index (χ2v) is 8.61. The highest BCUT2D eigenvalue weighted by Crippen LogP contribution is 2.26. The molecule has 0 aromatic carbocycles. The highest BCUT2D eigenvalue weighted by atomic mass is 32.2. The van der Waals surface area contributed by atoms with Crippen LogP contribution in [0.3, 0.4) is 0 Å². The minimum Gasteiger partial charge on any atom is -0.395 e. The van der Waals surface area contributed by atoms with Gasteiger partial charge in [-0.3, -0.25) is 19.6 Å². The van der Waals surface area contributed by atoms with E-state index in [1.165, 1.54) is 23.5 Å². The summed E-state index contributed by atoms with van der Waals surface area (Å²) in [5.41, 5.74) is 11.3. The third kappa shape index (κ3) is 4.16. The van der Waals surface area contributed by atoms with Crippen LogP contribution in [0.25, 0.3) is 22.3 Å². The van der Waals surface area contributed by atoms with Gasteiger partial charge in [0.1, 0.15) is 0 Å². The predicted octanol–water partition coefficient (Wildman–Crippen LogP) is -1.41. The molecular formula is C16H20N10O4S2. The number of aromatic nitrogens is 8. The van der Waals surface area contributed by atoms with Gasteiger partial charge in [0.15, 0.2) is 32.6 Å². The molecule has 4 aromatic heterocycles. The molecule has 170 valence electrons. The number of aliphatic hydroxyl groups excluding tert-OH is 2. The van der Waals surface area contributed by atoms with E-state index < -0.39 is 11.1 Å². The number of fused-ring (bicyclic) bond motifs is 2. The molecule has 0 fully saturated rings. The maximum absolute atomic E-state index is 12.1. The number of aliphatic hydroxyl groups is 2. The first-order valence-corrected chi connectivity index (χ1v) is 11.4. The van der Waals surface area contributed by atoms with E-state index in [4.69, 9.17) is 11.5 Å². The van der Waals surface area contributed by atoms with Gasteiger partial charge in [-0.1, -0.05) is 23.5 Å². The fourth-order valence-corrected chi connectivity index (χ4v) is 5.12. The van der Waals surface area contributed by atoms with Gasteiger partial charge in [0.25, 0.3) is 11.1 Å². The molecule has 0 bridgehead atoms. The maximum Gasteiger partial charge on any atom is 0.280 e. The van der Waals surface area contributed by atoms with Crippen LogP contribution >= 0.6 is 23.5 Å². The first kappa shape index (κ1) is 22.1. The van der Waals surface area contributed by atoms with Crippen LogP contribution in [-0.2, 0) is 13.1 Å². The van der Waals surface area contributed by atoms with E-state index in [1.807, 2.05) is 0 Å². The Hall–Kier alpha value is -3.08. The summed E-state index contributed by atoms with van der Waals surface area (Å²) in [4.78, 5) is 46.0. The number of hydrogen-bond acceptors (Lipinski definition) is 12. The zero-order chi connectivity index (χ0) is 22.8. The quantitative estimate of drug-likeness (QED) is 0.120. The van der Waals surface area contributed by atoms with Gasteiger partial charge in [0, 0.05) is 24.6 Å². The minimum atomic E-state index is -0.449. The number of nitrogen functional groups attached to an aromatic ring is 2. The molecule has 0 unspecified atom stereocenters. The van der Waals surface area contributed by atoms with Crippen LogP contribution in [0.2, 0.25) is 0 Å². The van der Waals surface area contributed by atoms with Gasteiger partial charge < -0.3 is 30.8 Å². The van der Waals surface area contributed by atoms with Crippen molar-refractivity contribution >= 4 is 57.7 Å². The second-order valence-electron chi connectivity index (χ2n) is 6.48. The summed E-state index contributed by atoms with van der Waals surface area (Å²) in [5.74, 6) is 1.09. The van der Waals surface area contributed by atoms with Crippen LogP contribution < -0.4 is 22.6 Å². The monoisotopic (exact) mass is 480 g/mol. The Kier molecular flexibility index (Phi) is 6.35. The van der Waals surface area contributed by atoms with Crippen molar-refractivity contribution in [2.75, 3.05) is 36.2 Å². The van der Waals surface area contributed by atoms with Gasteiger partial charge in [-0.15, -0.1) is 0 Å². The molecule has 0 saturated carbocycles. The summed E-state index contributed by atoms with van der Waals surface area (Å²) in [6.07, 6.45) is 0. The zero-order valence-electron chi connectivity index (χ0n) is 16.6. The fourth-order valence-electron chi connectivity index (χ4n) is 3.10. The molecule has 0 atom stereocenters. The molecular weight excluding hydrogens is 460 g/mol. The third-order valence-electron chi connectivity index (χ3n) is 4.37. The van der Waals surface area contributed by atoms with Gasteiger partial charge >= 0.3 is 0 Å². The maximum atomic E-state index is 12.1. The molecule has 0 radical (unpaired) electrons. The van der Waals surface area contributed by atoms with Crippen molar-refractivity contribution in [3.8, 4) is 0 Å². The van der Waals surface area contributed by atoms with Crippen molar-refractivity contribution in [1.82, 2.24) is 39.0 Å². The van der Waals surface area contributed by atoms with E-state index in [1.54, 1.807) is 9.13 Å². The Balaban J connectivity index is 1.54. The first-order chi connectivity index (χ1) is 15.4. The molecule has 4 rings (SSSR count). The molecule has 8 N–H and O–H groups in total. The largest absolute Gasteiger partial charge is 0.395 e. The molecule has 16 heteroatoms. The lowest BCUT2D eigenvalue weighted by Gasteiger charge is -2.07. The van der Waals surface area contributed by atoms with Gasteiger partial charge in [0.05, 0.1) is 13.2 Å². The van der Waals surface area contributed by atoms with E-state index in [2.05, 4.69) is 29.9 Å². The Morgan fingerprint density at radius 2 is 1.16 bits per heavy atom. The summed E-state index contributed by atoms with van der Waals surface area (Å²) in [6.45, 7) is 0.115. The molecule has 0 amide bonds. The van der Waals surface area contributed by atoms with Gasteiger partial charge in [-0.25, -0.2) is 9.97 Å². The van der Waals surface area contributed by atoms with Gasteiger partial charge in [-0.05, 0) is 0 Å². The number of aromatic amines is 2. The summed E-state index contributed by atoms with van der Waals surface area (Å²) < 4.78 is 3.28. The van der Waals surface area contributed by atoms with Crippen LogP contribution in [0.4, 0.5) is 11.9 Å². The van der Waals surface area contributed by atoms with Crippen LogP contribution in [0.5, 0.6) is 0 Å². The number of nitrogens with zero attached hydrogens (tertiary/aromatic N) is 6. The first-order valence-electron chi connectivity index (χ1n) is 9.42. The van der Waals surface area contributed by atoms with Crippen LogP contribution in [0.1, 0.15) is 0 Å². The van der Waals surface area contributed by atoms with Gasteiger partial charge in [0.2, 0.25) is 11.9 Å². The van der Waals surface area contributed by atoms with Crippen LogP contribution in [0.15, 0.2) is 19.9 Å². The van der Waals surface area contributed by atoms with Crippen molar-refractivity contribution in [3.63, 3.8) is 0 Å². The lowest BCUT2D eigenvalue weighted by molar-refractivity contribution is 0.273. The predicted molar refractivity (Wildman–Crippen MR) is 121 cm³/mol. The third-order valence-corrected chi connectivity index (χ3v) is 6.59. The molecule has 0 aliphatic heterocycles.